The van der Waals surface area contributed by atoms with E-state index in [-0.39, 0.29) is 50.7 Å². The van der Waals surface area contributed by atoms with Crippen molar-refractivity contribution in [2.75, 3.05) is 39.8 Å². The lowest BCUT2D eigenvalue weighted by Crippen LogP contribution is -2.60. The molecule has 0 aliphatic rings. The molecule has 0 saturated carbocycles. The summed E-state index contributed by atoms with van der Waals surface area (Å²) in [4.78, 5) is 74.0. The molecule has 0 aromatic carbocycles. The van der Waals surface area contributed by atoms with Crippen LogP contribution in [-0.4, -0.2) is 111 Å². The lowest BCUT2D eigenvalue weighted by Gasteiger charge is -2.31. The largest absolute Gasteiger partial charge is 0.444 e. The molecular weight excluding hydrogens is 662 g/mol. The molecule has 0 radical (unpaired) electrons. The van der Waals surface area contributed by atoms with Crippen LogP contribution in [0.2, 0.25) is 0 Å². The van der Waals surface area contributed by atoms with Gasteiger partial charge in [0.1, 0.15) is 5.60 Å². The average molecular weight is 730 g/mol. The van der Waals surface area contributed by atoms with E-state index in [2.05, 4.69) is 58.5 Å². The number of alkyl carbamates (subject to hydrolysis) is 1. The topological polar surface area (TPSA) is 244 Å². The fraction of sp³-hybridized carbons (Fsp3) is 0.818. The van der Waals surface area contributed by atoms with Crippen LogP contribution in [0.3, 0.4) is 0 Å². The lowest BCUT2D eigenvalue weighted by atomic mass is 10.0. The number of ether oxygens (including phenoxy) is 1. The van der Waals surface area contributed by atoms with Gasteiger partial charge in [0.2, 0.25) is 0 Å². The predicted octanol–water partition coefficient (Wildman–Crippen LogP) is 2.02. The van der Waals surface area contributed by atoms with E-state index in [9.17, 15) is 28.8 Å². The zero-order valence-electron chi connectivity index (χ0n) is 33.0. The summed E-state index contributed by atoms with van der Waals surface area (Å²) < 4.78 is 5.23. The quantitative estimate of drug-likeness (QED) is 0.100. The minimum absolute atomic E-state index is 0.0287. The smallest absolute Gasteiger partial charge is 0.407 e. The van der Waals surface area contributed by atoms with Gasteiger partial charge in [0.05, 0.1) is 17.1 Å². The first-order valence-electron chi connectivity index (χ1n) is 17.5. The van der Waals surface area contributed by atoms with Crippen LogP contribution in [0.1, 0.15) is 89.5 Å². The molecule has 11 amide bonds. The van der Waals surface area contributed by atoms with Crippen LogP contribution < -0.4 is 58.5 Å². The molecular formula is C33H67N11O7. The Bertz CT molecular complexity index is 1140. The first-order chi connectivity index (χ1) is 23.3. The van der Waals surface area contributed by atoms with Crippen molar-refractivity contribution in [3.8, 4) is 0 Å². The van der Waals surface area contributed by atoms with Crippen molar-refractivity contribution in [1.29, 1.82) is 0 Å². The van der Waals surface area contributed by atoms with Crippen molar-refractivity contribution >= 4 is 36.2 Å². The van der Waals surface area contributed by atoms with Gasteiger partial charge < -0.3 is 63.2 Å². The SMILES string of the molecule is CNC(=O)NC[C@H](CC(C)C)NC(=O)NC[C@H](C)NC(=O)NC[C@@H](NC(=O)NC(C)(C)CNC(=O)NC(C)(C)CNC(=O)OC(C)(C)C)C(C)C. The Labute approximate surface area is 304 Å². The molecule has 18 nitrogen and oxygen atoms in total. The molecule has 0 rings (SSSR count). The van der Waals surface area contributed by atoms with E-state index >= 15 is 0 Å². The van der Waals surface area contributed by atoms with Crippen LogP contribution in [0.4, 0.5) is 28.8 Å². The normalized spacial score (nSPS) is 13.5. The Balaban J connectivity index is 4.74. The predicted molar refractivity (Wildman–Crippen MR) is 197 cm³/mol. The van der Waals surface area contributed by atoms with Crippen LogP contribution >= 0.6 is 0 Å². The maximum absolute atomic E-state index is 12.9. The van der Waals surface area contributed by atoms with E-state index < -0.39 is 59.0 Å². The van der Waals surface area contributed by atoms with E-state index in [0.717, 1.165) is 0 Å². The summed E-state index contributed by atoms with van der Waals surface area (Å²) in [5, 5.41) is 30.2. The minimum atomic E-state index is -0.836. The second-order valence-electron chi connectivity index (χ2n) is 15.8. The number of rotatable bonds is 18. The summed E-state index contributed by atoms with van der Waals surface area (Å²) in [6.45, 7) is 22.7. The summed E-state index contributed by atoms with van der Waals surface area (Å²) in [5.74, 6) is 0.267. The molecule has 296 valence electrons. The zero-order valence-corrected chi connectivity index (χ0v) is 33.0. The highest BCUT2D eigenvalue weighted by atomic mass is 16.6. The van der Waals surface area contributed by atoms with Gasteiger partial charge in [-0.3, -0.25) is 0 Å². The van der Waals surface area contributed by atoms with Crippen molar-refractivity contribution < 1.29 is 33.5 Å². The van der Waals surface area contributed by atoms with Gasteiger partial charge in [0.15, 0.2) is 0 Å². The van der Waals surface area contributed by atoms with Gasteiger partial charge in [0.25, 0.3) is 0 Å². The van der Waals surface area contributed by atoms with Crippen molar-refractivity contribution in [1.82, 2.24) is 58.5 Å². The summed E-state index contributed by atoms with van der Waals surface area (Å²) in [7, 11) is 1.51. The van der Waals surface area contributed by atoms with Crippen molar-refractivity contribution in [2.24, 2.45) is 11.8 Å². The fourth-order valence-electron chi connectivity index (χ4n) is 4.39. The summed E-state index contributed by atoms with van der Waals surface area (Å²) in [6.07, 6.45) is 0.0773. The Kier molecular flexibility index (Phi) is 19.9. The molecule has 3 atom stereocenters. The van der Waals surface area contributed by atoms with E-state index in [4.69, 9.17) is 4.74 Å². The van der Waals surface area contributed by atoms with Gasteiger partial charge >= 0.3 is 36.2 Å². The molecule has 0 aromatic rings. The highest BCUT2D eigenvalue weighted by molar-refractivity contribution is 5.78. The second kappa shape index (κ2) is 21.8. The standard InChI is InChI=1S/C33H67N11O7/c1-20(2)14-23(16-36-25(45)34-13)41-27(47)35-15-22(5)40-26(46)37-17-24(21(3)4)42-29(49)44-32(9,10)18-38-28(48)43-33(11,12)19-39-30(50)51-31(6,7)8/h20-24H,14-19H2,1-13H3,(H,39,50)(H2,34,36,45)(H2,35,41,47)(H2,37,40,46)(H2,38,43,48)(H2,42,44,49)/t22-,23-,24+/m0/s1. The van der Waals surface area contributed by atoms with E-state index in [1.807, 2.05) is 27.7 Å². The Hall–Kier alpha value is -4.38. The van der Waals surface area contributed by atoms with Gasteiger partial charge in [-0.15, -0.1) is 0 Å². The highest BCUT2D eigenvalue weighted by Crippen LogP contribution is 2.08. The molecule has 0 unspecified atom stereocenters. The van der Waals surface area contributed by atoms with Crippen molar-refractivity contribution in [3.05, 3.63) is 0 Å². The summed E-state index contributed by atoms with van der Waals surface area (Å²) in [5.41, 5.74) is -2.26. The van der Waals surface area contributed by atoms with E-state index in [1.54, 1.807) is 55.4 Å². The molecule has 0 aliphatic carbocycles. The Morgan fingerprint density at radius 1 is 0.569 bits per heavy atom. The van der Waals surface area contributed by atoms with Crippen LogP contribution in [0, 0.1) is 11.8 Å². The van der Waals surface area contributed by atoms with E-state index in [0.29, 0.717) is 12.3 Å². The number of urea groups is 5. The van der Waals surface area contributed by atoms with Gasteiger partial charge in [0, 0.05) is 51.9 Å². The number of carbonyl (C=O) groups is 6. The Morgan fingerprint density at radius 2 is 1.08 bits per heavy atom. The molecule has 11 N–H and O–H groups in total. The number of amides is 11. The monoisotopic (exact) mass is 730 g/mol. The number of hydrogen-bond donors (Lipinski definition) is 11. The lowest BCUT2D eigenvalue weighted by molar-refractivity contribution is 0.0514. The average Bonchev–Trinajstić information content (AvgIpc) is 2.97. The Morgan fingerprint density at radius 3 is 1.61 bits per heavy atom. The van der Waals surface area contributed by atoms with E-state index in [1.165, 1.54) is 7.05 Å². The fourth-order valence-corrected chi connectivity index (χ4v) is 4.39. The van der Waals surface area contributed by atoms with Crippen LogP contribution in [0.25, 0.3) is 0 Å². The maximum atomic E-state index is 12.9. The van der Waals surface area contributed by atoms with Gasteiger partial charge in [-0.05, 0) is 73.6 Å². The third kappa shape index (κ3) is 24.4. The molecule has 0 saturated heterocycles. The van der Waals surface area contributed by atoms with Gasteiger partial charge in [-0.1, -0.05) is 27.7 Å². The summed E-state index contributed by atoms with van der Waals surface area (Å²) >= 11 is 0. The third-order valence-corrected chi connectivity index (χ3v) is 7.05. The molecule has 18 heteroatoms. The number of carbonyl (C=O) groups excluding carboxylic acids is 6. The maximum Gasteiger partial charge on any atom is 0.407 e. The minimum Gasteiger partial charge on any atom is -0.444 e. The zero-order chi connectivity index (χ0) is 39.6. The van der Waals surface area contributed by atoms with Crippen molar-refractivity contribution in [2.45, 2.75) is 124 Å². The summed E-state index contributed by atoms with van der Waals surface area (Å²) in [6, 6.07) is -3.27. The number of hydrogen-bond acceptors (Lipinski definition) is 7. The molecule has 0 heterocycles. The molecule has 0 spiro atoms. The second-order valence-corrected chi connectivity index (χ2v) is 15.8. The van der Waals surface area contributed by atoms with Gasteiger partial charge in [-0.2, -0.15) is 0 Å². The number of nitrogens with one attached hydrogen (secondary N) is 11. The van der Waals surface area contributed by atoms with Crippen LogP contribution in [0.5, 0.6) is 0 Å². The first kappa shape index (κ1) is 46.6. The van der Waals surface area contributed by atoms with Crippen LogP contribution in [0.15, 0.2) is 0 Å². The van der Waals surface area contributed by atoms with Crippen LogP contribution in [-0.2, 0) is 4.74 Å². The molecule has 0 fully saturated rings. The first-order valence-corrected chi connectivity index (χ1v) is 17.5. The highest BCUT2D eigenvalue weighted by Gasteiger charge is 2.27. The molecule has 0 aliphatic heterocycles. The molecule has 0 bridgehead atoms. The third-order valence-electron chi connectivity index (χ3n) is 7.05. The van der Waals surface area contributed by atoms with Gasteiger partial charge in [-0.25, -0.2) is 28.8 Å². The molecule has 51 heavy (non-hydrogen) atoms. The molecule has 0 aromatic heterocycles. The van der Waals surface area contributed by atoms with Crippen molar-refractivity contribution in [3.63, 3.8) is 0 Å².